The predicted molar refractivity (Wildman–Crippen MR) is 169 cm³/mol. The van der Waals surface area contributed by atoms with Crippen LogP contribution in [0.2, 0.25) is 0 Å². The first kappa shape index (κ1) is 22.3. The quantitative estimate of drug-likeness (QED) is 0.231. The Balaban J connectivity index is 1.34. The van der Waals surface area contributed by atoms with Gasteiger partial charge in [0.15, 0.2) is 0 Å². The van der Waals surface area contributed by atoms with E-state index in [1.54, 1.807) is 0 Å². The Morgan fingerprint density at radius 2 is 1.41 bits per heavy atom. The third-order valence-corrected chi connectivity index (χ3v) is 8.08. The zero-order valence-corrected chi connectivity index (χ0v) is 22.0. The summed E-state index contributed by atoms with van der Waals surface area (Å²) in [5, 5.41) is 11.2. The summed E-state index contributed by atoms with van der Waals surface area (Å²) in [7, 11) is 0. The number of pyridine rings is 1. The van der Waals surface area contributed by atoms with Crippen molar-refractivity contribution < 1.29 is 8.83 Å². The van der Waals surface area contributed by atoms with Gasteiger partial charge in [-0.05, 0) is 52.6 Å². The molecule has 0 spiro atoms. The number of furan rings is 2. The van der Waals surface area contributed by atoms with Crippen LogP contribution in [0.25, 0.3) is 60.7 Å². The molecule has 0 unspecified atom stereocenters. The summed E-state index contributed by atoms with van der Waals surface area (Å²) >= 11 is 0. The Bertz CT molecular complexity index is 2340. The van der Waals surface area contributed by atoms with Gasteiger partial charge in [0, 0.05) is 39.7 Å². The first-order chi connectivity index (χ1) is 20.3. The number of anilines is 4. The number of aromatic nitrogens is 1. The summed E-state index contributed by atoms with van der Waals surface area (Å²) in [5.41, 5.74) is 5.35. The minimum Gasteiger partial charge on any atom is -0.440 e. The van der Waals surface area contributed by atoms with Crippen molar-refractivity contribution in [2.45, 2.75) is 0 Å². The van der Waals surface area contributed by atoms with Crippen LogP contribution in [0.1, 0.15) is 5.56 Å². The molecule has 0 bridgehead atoms. The molecule has 1 aliphatic heterocycles. The average Bonchev–Trinajstić information content (AvgIpc) is 3.59. The van der Waals surface area contributed by atoms with Crippen LogP contribution in [0.5, 0.6) is 0 Å². The third kappa shape index (κ3) is 3.33. The molecule has 9 rings (SSSR count). The van der Waals surface area contributed by atoms with Gasteiger partial charge in [0.2, 0.25) is 11.6 Å². The molecule has 1 aliphatic rings. The third-order valence-electron chi connectivity index (χ3n) is 8.08. The maximum atomic E-state index is 6.29. The van der Waals surface area contributed by atoms with Crippen LogP contribution in [0.15, 0.2) is 124 Å². The maximum Gasteiger partial charge on any atom is 0.229 e. The molecule has 41 heavy (non-hydrogen) atoms. The molecule has 194 valence electrons. The van der Waals surface area contributed by atoms with Gasteiger partial charge >= 0.3 is 0 Å². The van der Waals surface area contributed by atoms with Crippen molar-refractivity contribution in [3.8, 4) is 0 Å². The second kappa shape index (κ2) is 8.47. The molecule has 5 nitrogen and oxygen atoms in total. The second-order valence-corrected chi connectivity index (χ2v) is 10.4. The molecule has 0 amide bonds. The fourth-order valence-electron chi connectivity index (χ4n) is 6.20. The van der Waals surface area contributed by atoms with E-state index in [1.807, 2.05) is 18.2 Å². The van der Waals surface area contributed by atoms with Crippen molar-refractivity contribution in [2.24, 2.45) is 0 Å². The van der Waals surface area contributed by atoms with Gasteiger partial charge in [-0.1, -0.05) is 78.9 Å². The molecule has 3 aromatic heterocycles. The summed E-state index contributed by atoms with van der Waals surface area (Å²) in [6.45, 7) is 0.760. The van der Waals surface area contributed by atoms with Crippen molar-refractivity contribution in [1.82, 2.24) is 4.98 Å². The second-order valence-electron chi connectivity index (χ2n) is 10.4. The topological polar surface area (TPSA) is 54.4 Å². The molecule has 0 atom stereocenters. The number of hydrogen-bond donors (Lipinski definition) is 1. The minimum absolute atomic E-state index is 0.614. The van der Waals surface area contributed by atoms with Gasteiger partial charge in [-0.3, -0.25) is 4.90 Å². The molecular weight excluding hydrogens is 506 g/mol. The van der Waals surface area contributed by atoms with E-state index >= 15 is 0 Å². The lowest BCUT2D eigenvalue weighted by Gasteiger charge is -2.26. The monoisotopic (exact) mass is 529 g/mol. The molecule has 0 fully saturated rings. The van der Waals surface area contributed by atoms with E-state index in [4.69, 9.17) is 13.8 Å². The van der Waals surface area contributed by atoms with Crippen molar-refractivity contribution in [3.05, 3.63) is 121 Å². The normalized spacial score (nSPS) is 12.9. The summed E-state index contributed by atoms with van der Waals surface area (Å²) in [6, 6.07) is 38.0. The van der Waals surface area contributed by atoms with Gasteiger partial charge in [-0.15, -0.1) is 0 Å². The zero-order chi connectivity index (χ0) is 26.9. The number of rotatable bonds is 3. The standard InChI is InChI=1S/C36H23N3O2/c1-2-9-24-22(8-1)20-31(26-11-4-3-10-25(24)26)39(23-15-16-28-29-13-7-19-37-35(29)41-33(28)21-23)34-18-17-30-27-12-5-6-14-32(27)40-36(30)38-34/h1-18,20-21,37H,19H2. The Labute approximate surface area is 234 Å². The number of fused-ring (bicyclic) bond motifs is 9. The van der Waals surface area contributed by atoms with E-state index in [9.17, 15) is 0 Å². The molecule has 1 N–H and O–H groups in total. The molecule has 0 aliphatic carbocycles. The molecule has 0 radical (unpaired) electrons. The lowest BCUT2D eigenvalue weighted by molar-refractivity contribution is 0.628. The van der Waals surface area contributed by atoms with Crippen LogP contribution in [-0.4, -0.2) is 11.5 Å². The minimum atomic E-state index is 0.614. The average molecular weight is 530 g/mol. The fraction of sp³-hybridized carbons (Fsp3) is 0.0278. The summed E-state index contributed by atoms with van der Waals surface area (Å²) in [4.78, 5) is 7.32. The molecule has 5 aromatic carbocycles. The molecule has 8 aromatic rings. The number of para-hydroxylation sites is 1. The first-order valence-corrected chi connectivity index (χ1v) is 13.8. The van der Waals surface area contributed by atoms with Gasteiger partial charge < -0.3 is 14.2 Å². The van der Waals surface area contributed by atoms with E-state index < -0.39 is 0 Å². The molecule has 0 saturated heterocycles. The molecule has 0 saturated carbocycles. The largest absolute Gasteiger partial charge is 0.440 e. The van der Waals surface area contributed by atoms with E-state index in [1.165, 1.54) is 16.2 Å². The lowest BCUT2D eigenvalue weighted by atomic mass is 9.99. The van der Waals surface area contributed by atoms with Crippen LogP contribution in [0.3, 0.4) is 0 Å². The van der Waals surface area contributed by atoms with Crippen molar-refractivity contribution in [1.29, 1.82) is 0 Å². The maximum absolute atomic E-state index is 6.29. The number of nitrogens with zero attached hydrogens (tertiary/aromatic N) is 2. The highest BCUT2D eigenvalue weighted by Gasteiger charge is 2.22. The highest BCUT2D eigenvalue weighted by Crippen LogP contribution is 2.44. The number of benzene rings is 5. The van der Waals surface area contributed by atoms with E-state index in [0.717, 1.165) is 67.9 Å². The number of nitrogens with one attached hydrogen (secondary N) is 1. The van der Waals surface area contributed by atoms with Gasteiger partial charge in [-0.2, -0.15) is 4.98 Å². The van der Waals surface area contributed by atoms with Crippen molar-refractivity contribution in [3.63, 3.8) is 0 Å². The fourth-order valence-corrected chi connectivity index (χ4v) is 6.20. The van der Waals surface area contributed by atoms with E-state index in [-0.39, 0.29) is 0 Å². The molecule has 5 heteroatoms. The molecule has 4 heterocycles. The van der Waals surface area contributed by atoms with Gasteiger partial charge in [0.05, 0.1) is 11.4 Å². The van der Waals surface area contributed by atoms with Crippen LogP contribution < -0.4 is 10.2 Å². The highest BCUT2D eigenvalue weighted by atomic mass is 16.4. The lowest BCUT2D eigenvalue weighted by Crippen LogP contribution is -2.12. The highest BCUT2D eigenvalue weighted by molar-refractivity contribution is 6.15. The predicted octanol–water partition coefficient (Wildman–Crippen LogP) is 9.94. The van der Waals surface area contributed by atoms with Gasteiger partial charge in [-0.25, -0.2) is 0 Å². The van der Waals surface area contributed by atoms with Crippen molar-refractivity contribution >= 4 is 83.7 Å². The Hall–Kier alpha value is -5.55. The number of hydrogen-bond acceptors (Lipinski definition) is 5. The van der Waals surface area contributed by atoms with Crippen LogP contribution >= 0.6 is 0 Å². The van der Waals surface area contributed by atoms with E-state index in [2.05, 4.69) is 113 Å². The van der Waals surface area contributed by atoms with Crippen LogP contribution in [-0.2, 0) is 0 Å². The first-order valence-electron chi connectivity index (χ1n) is 13.8. The Morgan fingerprint density at radius 1 is 0.634 bits per heavy atom. The Kier molecular flexibility index (Phi) is 4.61. The van der Waals surface area contributed by atoms with Gasteiger partial charge in [0.1, 0.15) is 17.0 Å². The summed E-state index contributed by atoms with van der Waals surface area (Å²) < 4.78 is 12.5. The smallest absolute Gasteiger partial charge is 0.229 e. The SMILES string of the molecule is C1=Cc2c(oc3cc(N(c4ccc5c(n4)oc4ccccc45)c4cc5ccccc5c5ccccc45)ccc23)NC1. The summed E-state index contributed by atoms with van der Waals surface area (Å²) in [5.74, 6) is 1.58. The zero-order valence-electron chi connectivity index (χ0n) is 22.0. The van der Waals surface area contributed by atoms with Crippen LogP contribution in [0.4, 0.5) is 23.1 Å². The molecular formula is C36H23N3O2. The van der Waals surface area contributed by atoms with E-state index in [0.29, 0.717) is 5.71 Å². The van der Waals surface area contributed by atoms with Gasteiger partial charge in [0.25, 0.3) is 0 Å². The Morgan fingerprint density at radius 3 is 2.34 bits per heavy atom. The summed E-state index contributed by atoms with van der Waals surface area (Å²) in [6.07, 6.45) is 4.24. The van der Waals surface area contributed by atoms with Crippen molar-refractivity contribution in [2.75, 3.05) is 16.8 Å². The van der Waals surface area contributed by atoms with Crippen LogP contribution in [0, 0.1) is 0 Å².